The van der Waals surface area contributed by atoms with Crippen molar-refractivity contribution < 1.29 is 19.1 Å². The minimum atomic E-state index is -0.615. The van der Waals surface area contributed by atoms with Crippen LogP contribution in [0.4, 0.5) is 5.69 Å². The van der Waals surface area contributed by atoms with Gasteiger partial charge in [-0.1, -0.05) is 42.4 Å². The van der Waals surface area contributed by atoms with E-state index in [0.29, 0.717) is 22.0 Å². The van der Waals surface area contributed by atoms with E-state index in [1.807, 2.05) is 12.1 Å². The molecule has 0 aliphatic carbocycles. The van der Waals surface area contributed by atoms with E-state index in [-0.39, 0.29) is 31.8 Å². The SMILES string of the molecule is C=C1c2ccccc2C(=O)N1CCC(=O)OCC(=O)N(CCC#N)c1cccc(Cl)c1. The fraction of sp³-hybridized carbons (Fsp3) is 0.217. The number of anilines is 1. The van der Waals surface area contributed by atoms with Gasteiger partial charge < -0.3 is 14.5 Å². The number of hydrogen-bond acceptors (Lipinski definition) is 5. The number of ether oxygens (including phenoxy) is 1. The van der Waals surface area contributed by atoms with Crippen LogP contribution in [-0.4, -0.2) is 42.4 Å². The van der Waals surface area contributed by atoms with Crippen LogP contribution in [0.3, 0.4) is 0 Å². The monoisotopic (exact) mass is 437 g/mol. The van der Waals surface area contributed by atoms with Crippen molar-refractivity contribution in [2.75, 3.05) is 24.6 Å². The van der Waals surface area contributed by atoms with Crippen molar-refractivity contribution in [1.29, 1.82) is 5.26 Å². The second kappa shape index (κ2) is 9.92. The highest BCUT2D eigenvalue weighted by Gasteiger charge is 2.30. The molecular weight excluding hydrogens is 418 g/mol. The summed E-state index contributed by atoms with van der Waals surface area (Å²) in [6, 6.07) is 15.7. The molecule has 0 saturated carbocycles. The third-order valence-electron chi connectivity index (χ3n) is 4.80. The van der Waals surface area contributed by atoms with Crippen LogP contribution in [0.1, 0.15) is 28.8 Å². The summed E-state index contributed by atoms with van der Waals surface area (Å²) in [5.41, 5.74) is 2.34. The molecule has 0 N–H and O–H groups in total. The first-order valence-electron chi connectivity index (χ1n) is 9.61. The molecule has 0 aromatic heterocycles. The average molecular weight is 438 g/mol. The lowest BCUT2D eigenvalue weighted by atomic mass is 10.1. The van der Waals surface area contributed by atoms with Gasteiger partial charge in [-0.25, -0.2) is 0 Å². The number of carbonyl (C=O) groups is 3. The Hall–Kier alpha value is -3.63. The molecule has 3 rings (SSSR count). The molecule has 1 aliphatic rings. The van der Waals surface area contributed by atoms with Gasteiger partial charge in [0.25, 0.3) is 11.8 Å². The second-order valence-corrected chi connectivity index (χ2v) is 7.23. The quantitative estimate of drug-likeness (QED) is 0.588. The topological polar surface area (TPSA) is 90.7 Å². The summed E-state index contributed by atoms with van der Waals surface area (Å²) in [7, 11) is 0. The summed E-state index contributed by atoms with van der Waals surface area (Å²) in [5.74, 6) is -1.30. The molecule has 0 spiro atoms. The van der Waals surface area contributed by atoms with Gasteiger partial charge in [0, 0.05) is 40.6 Å². The minimum Gasteiger partial charge on any atom is -0.455 e. The largest absolute Gasteiger partial charge is 0.455 e. The second-order valence-electron chi connectivity index (χ2n) is 6.79. The predicted octanol–water partition coefficient (Wildman–Crippen LogP) is 3.65. The van der Waals surface area contributed by atoms with Crippen LogP contribution in [-0.2, 0) is 14.3 Å². The molecule has 1 heterocycles. The number of hydrogen-bond donors (Lipinski definition) is 0. The van der Waals surface area contributed by atoms with E-state index < -0.39 is 18.5 Å². The van der Waals surface area contributed by atoms with E-state index in [0.717, 1.165) is 5.56 Å². The fourth-order valence-corrected chi connectivity index (χ4v) is 3.45. The van der Waals surface area contributed by atoms with Crippen molar-refractivity contribution in [2.45, 2.75) is 12.8 Å². The summed E-state index contributed by atoms with van der Waals surface area (Å²) in [4.78, 5) is 40.0. The van der Waals surface area contributed by atoms with Gasteiger partial charge in [-0.15, -0.1) is 0 Å². The first-order chi connectivity index (χ1) is 14.9. The van der Waals surface area contributed by atoms with Crippen molar-refractivity contribution in [3.05, 3.63) is 71.3 Å². The molecule has 2 aromatic carbocycles. The maximum atomic E-state index is 12.6. The van der Waals surface area contributed by atoms with E-state index >= 15 is 0 Å². The standard InChI is InChI=1S/C23H20ClN3O4/c1-16-19-8-2-3-9-20(19)23(30)26(16)13-10-22(29)31-15-21(28)27(12-5-11-25)18-7-4-6-17(24)14-18/h2-4,6-9,14H,1,5,10,12-13,15H2. The van der Waals surface area contributed by atoms with E-state index in [2.05, 4.69) is 6.58 Å². The highest BCUT2D eigenvalue weighted by molar-refractivity contribution is 6.30. The Morgan fingerprint density at radius 3 is 2.58 bits per heavy atom. The van der Waals surface area contributed by atoms with Crippen LogP contribution < -0.4 is 4.90 Å². The number of nitrogens with zero attached hydrogens (tertiary/aromatic N) is 3. The zero-order valence-electron chi connectivity index (χ0n) is 16.7. The van der Waals surface area contributed by atoms with Crippen LogP contribution >= 0.6 is 11.6 Å². The first-order valence-corrected chi connectivity index (χ1v) is 9.99. The molecule has 0 bridgehead atoms. The number of esters is 1. The van der Waals surface area contributed by atoms with Gasteiger partial charge in [-0.3, -0.25) is 14.4 Å². The molecule has 1 aliphatic heterocycles. The Labute approximate surface area is 185 Å². The lowest BCUT2D eigenvalue weighted by Crippen LogP contribution is -2.36. The number of halogens is 1. The molecule has 0 atom stereocenters. The van der Waals surface area contributed by atoms with Crippen LogP contribution in [0.25, 0.3) is 5.70 Å². The summed E-state index contributed by atoms with van der Waals surface area (Å²) < 4.78 is 5.11. The molecular formula is C23H20ClN3O4. The highest BCUT2D eigenvalue weighted by atomic mass is 35.5. The first kappa shape index (κ1) is 22.1. The Kier molecular flexibility index (Phi) is 7.06. The maximum absolute atomic E-state index is 12.6. The summed E-state index contributed by atoms with van der Waals surface area (Å²) in [6.45, 7) is 3.70. The lowest BCUT2D eigenvalue weighted by molar-refractivity contribution is -0.147. The van der Waals surface area contributed by atoms with E-state index in [4.69, 9.17) is 21.6 Å². The smallest absolute Gasteiger partial charge is 0.308 e. The third-order valence-corrected chi connectivity index (χ3v) is 5.04. The van der Waals surface area contributed by atoms with Crippen molar-refractivity contribution in [3.63, 3.8) is 0 Å². The summed E-state index contributed by atoms with van der Waals surface area (Å²) in [6.07, 6.45) is 0.0351. The Morgan fingerprint density at radius 1 is 1.16 bits per heavy atom. The van der Waals surface area contributed by atoms with E-state index in [9.17, 15) is 14.4 Å². The van der Waals surface area contributed by atoms with Crippen LogP contribution in [0.5, 0.6) is 0 Å². The normalized spacial score (nSPS) is 12.3. The number of carbonyl (C=O) groups excluding carboxylic acids is 3. The Morgan fingerprint density at radius 2 is 1.90 bits per heavy atom. The Bertz CT molecular complexity index is 1040. The van der Waals surface area contributed by atoms with Crippen LogP contribution in [0.2, 0.25) is 5.02 Å². The summed E-state index contributed by atoms with van der Waals surface area (Å²) >= 11 is 5.99. The highest BCUT2D eigenvalue weighted by Crippen LogP contribution is 2.31. The summed E-state index contributed by atoms with van der Waals surface area (Å²) in [5, 5.41) is 9.30. The molecule has 31 heavy (non-hydrogen) atoms. The number of rotatable bonds is 8. The van der Waals surface area contributed by atoms with Gasteiger partial charge in [0.1, 0.15) is 0 Å². The molecule has 2 aromatic rings. The van der Waals surface area contributed by atoms with Crippen LogP contribution in [0.15, 0.2) is 55.1 Å². The molecule has 0 unspecified atom stereocenters. The van der Waals surface area contributed by atoms with E-state index in [1.54, 1.807) is 42.5 Å². The fourth-order valence-electron chi connectivity index (χ4n) is 3.27. The Balaban J connectivity index is 1.55. The van der Waals surface area contributed by atoms with Gasteiger partial charge in [-0.05, 0) is 24.3 Å². The minimum absolute atomic E-state index is 0.0820. The third kappa shape index (κ3) is 5.11. The van der Waals surface area contributed by atoms with Gasteiger partial charge in [-0.2, -0.15) is 5.26 Å². The molecule has 8 heteroatoms. The van der Waals surface area contributed by atoms with Crippen molar-refractivity contribution in [2.24, 2.45) is 0 Å². The average Bonchev–Trinajstić information content (AvgIpc) is 3.01. The molecule has 0 fully saturated rings. The molecule has 7 nitrogen and oxygen atoms in total. The van der Waals surface area contributed by atoms with Crippen LogP contribution in [0, 0.1) is 11.3 Å². The maximum Gasteiger partial charge on any atom is 0.308 e. The zero-order valence-corrected chi connectivity index (χ0v) is 17.5. The van der Waals surface area contributed by atoms with Crippen molar-refractivity contribution in [3.8, 4) is 6.07 Å². The number of nitriles is 1. The van der Waals surface area contributed by atoms with Crippen molar-refractivity contribution in [1.82, 2.24) is 4.90 Å². The van der Waals surface area contributed by atoms with Gasteiger partial charge >= 0.3 is 5.97 Å². The van der Waals surface area contributed by atoms with Gasteiger partial charge in [0.05, 0.1) is 18.9 Å². The molecule has 0 radical (unpaired) electrons. The molecule has 158 valence electrons. The number of benzene rings is 2. The number of fused-ring (bicyclic) bond motifs is 1. The molecule has 0 saturated heterocycles. The van der Waals surface area contributed by atoms with E-state index in [1.165, 1.54) is 9.80 Å². The van der Waals surface area contributed by atoms with Crippen molar-refractivity contribution >= 4 is 40.8 Å². The molecule has 2 amide bonds. The number of amides is 2. The van der Waals surface area contributed by atoms with Gasteiger partial charge in [0.15, 0.2) is 6.61 Å². The zero-order chi connectivity index (χ0) is 22.4. The predicted molar refractivity (Wildman–Crippen MR) is 116 cm³/mol. The lowest BCUT2D eigenvalue weighted by Gasteiger charge is -2.22. The van der Waals surface area contributed by atoms with Gasteiger partial charge in [0.2, 0.25) is 0 Å².